The standard InChI is InChI=1S/C15H9N3O2/c16-7-10-1-3-11(4-2-10)9-18-14(19)12-5-6-17-8-13(12)15(18)20/h1-6,8H,9H2. The maximum Gasteiger partial charge on any atom is 0.263 e. The fraction of sp³-hybridized carbons (Fsp3) is 0.0667. The van der Waals surface area contributed by atoms with Crippen molar-refractivity contribution in [1.82, 2.24) is 9.88 Å². The van der Waals surface area contributed by atoms with Crippen LogP contribution in [-0.2, 0) is 6.54 Å². The Hall–Kier alpha value is -3.00. The van der Waals surface area contributed by atoms with E-state index in [1.54, 1.807) is 30.3 Å². The average Bonchev–Trinajstić information content (AvgIpc) is 2.74. The van der Waals surface area contributed by atoms with Gasteiger partial charge in [0.25, 0.3) is 11.8 Å². The highest BCUT2D eigenvalue weighted by atomic mass is 16.2. The molecule has 0 N–H and O–H groups in total. The number of hydrogen-bond donors (Lipinski definition) is 0. The van der Waals surface area contributed by atoms with E-state index in [0.29, 0.717) is 16.7 Å². The van der Waals surface area contributed by atoms with Crippen LogP contribution in [0.2, 0.25) is 0 Å². The van der Waals surface area contributed by atoms with Crippen LogP contribution < -0.4 is 0 Å². The van der Waals surface area contributed by atoms with Gasteiger partial charge in [-0.15, -0.1) is 0 Å². The number of pyridine rings is 1. The van der Waals surface area contributed by atoms with Gasteiger partial charge >= 0.3 is 0 Å². The van der Waals surface area contributed by atoms with Crippen molar-refractivity contribution in [2.24, 2.45) is 0 Å². The minimum atomic E-state index is -0.331. The van der Waals surface area contributed by atoms with Crippen LogP contribution in [0.25, 0.3) is 0 Å². The number of rotatable bonds is 2. The lowest BCUT2D eigenvalue weighted by Crippen LogP contribution is -2.29. The first-order valence-corrected chi connectivity index (χ1v) is 6.00. The third kappa shape index (κ3) is 1.84. The fourth-order valence-corrected chi connectivity index (χ4v) is 2.15. The van der Waals surface area contributed by atoms with Gasteiger partial charge in [-0.25, -0.2) is 0 Å². The van der Waals surface area contributed by atoms with Crippen molar-refractivity contribution in [1.29, 1.82) is 5.26 Å². The predicted molar refractivity (Wildman–Crippen MR) is 69.6 cm³/mol. The van der Waals surface area contributed by atoms with Gasteiger partial charge in [0.1, 0.15) is 0 Å². The van der Waals surface area contributed by atoms with Crippen LogP contribution >= 0.6 is 0 Å². The molecule has 2 heterocycles. The molecule has 0 unspecified atom stereocenters. The van der Waals surface area contributed by atoms with Gasteiger partial charge in [0.2, 0.25) is 0 Å². The minimum absolute atomic E-state index is 0.193. The number of amides is 2. The molecule has 0 atom stereocenters. The first-order valence-electron chi connectivity index (χ1n) is 6.00. The molecular weight excluding hydrogens is 254 g/mol. The first-order chi connectivity index (χ1) is 9.70. The van der Waals surface area contributed by atoms with E-state index in [2.05, 4.69) is 4.98 Å². The number of nitrogens with zero attached hydrogens (tertiary/aromatic N) is 3. The van der Waals surface area contributed by atoms with Crippen LogP contribution in [0.1, 0.15) is 31.8 Å². The SMILES string of the molecule is N#Cc1ccc(CN2C(=O)c3ccncc3C2=O)cc1. The van der Waals surface area contributed by atoms with E-state index in [0.717, 1.165) is 5.56 Å². The van der Waals surface area contributed by atoms with Gasteiger partial charge in [-0.3, -0.25) is 19.5 Å². The van der Waals surface area contributed by atoms with Gasteiger partial charge in [-0.1, -0.05) is 12.1 Å². The third-order valence-corrected chi connectivity index (χ3v) is 3.20. The number of aromatic nitrogens is 1. The zero-order valence-electron chi connectivity index (χ0n) is 10.4. The molecule has 20 heavy (non-hydrogen) atoms. The van der Waals surface area contributed by atoms with Crippen molar-refractivity contribution < 1.29 is 9.59 Å². The van der Waals surface area contributed by atoms with E-state index >= 15 is 0 Å². The number of carbonyl (C=O) groups is 2. The quantitative estimate of drug-likeness (QED) is 0.773. The van der Waals surface area contributed by atoms with Crippen molar-refractivity contribution in [2.45, 2.75) is 6.54 Å². The molecule has 0 spiro atoms. The molecule has 2 amide bonds. The average molecular weight is 263 g/mol. The second-order valence-electron chi connectivity index (χ2n) is 4.43. The maximum atomic E-state index is 12.2. The van der Waals surface area contributed by atoms with Crippen molar-refractivity contribution in [3.8, 4) is 6.07 Å². The number of nitriles is 1. The molecule has 3 rings (SSSR count). The number of carbonyl (C=O) groups excluding carboxylic acids is 2. The second kappa shape index (κ2) is 4.59. The number of hydrogen-bond acceptors (Lipinski definition) is 4. The molecule has 0 bridgehead atoms. The lowest BCUT2D eigenvalue weighted by molar-refractivity contribution is 0.0642. The monoisotopic (exact) mass is 263 g/mol. The van der Waals surface area contributed by atoms with Crippen LogP contribution in [0.5, 0.6) is 0 Å². The van der Waals surface area contributed by atoms with E-state index in [4.69, 9.17) is 5.26 Å². The summed E-state index contributed by atoms with van der Waals surface area (Å²) in [6.45, 7) is 0.193. The summed E-state index contributed by atoms with van der Waals surface area (Å²) in [6.07, 6.45) is 2.91. The van der Waals surface area contributed by atoms with Crippen LogP contribution in [0.3, 0.4) is 0 Å². The molecule has 1 aromatic heterocycles. The topological polar surface area (TPSA) is 74.1 Å². The van der Waals surface area contributed by atoms with E-state index in [1.165, 1.54) is 17.3 Å². The minimum Gasteiger partial charge on any atom is -0.270 e. The summed E-state index contributed by atoms with van der Waals surface area (Å²) < 4.78 is 0. The zero-order chi connectivity index (χ0) is 14.1. The summed E-state index contributed by atoms with van der Waals surface area (Å²) in [5, 5.41) is 8.74. The van der Waals surface area contributed by atoms with E-state index in [-0.39, 0.29) is 18.4 Å². The molecule has 1 aliphatic heterocycles. The van der Waals surface area contributed by atoms with Gasteiger partial charge < -0.3 is 0 Å². The summed E-state index contributed by atoms with van der Waals surface area (Å²) in [5.74, 6) is -0.640. The summed E-state index contributed by atoms with van der Waals surface area (Å²) in [6, 6.07) is 10.4. The Morgan fingerprint density at radius 2 is 1.75 bits per heavy atom. The van der Waals surface area contributed by atoms with Crippen molar-refractivity contribution in [3.05, 3.63) is 65.0 Å². The van der Waals surface area contributed by atoms with Gasteiger partial charge in [0.05, 0.1) is 29.3 Å². The van der Waals surface area contributed by atoms with Gasteiger partial charge in [0.15, 0.2) is 0 Å². The van der Waals surface area contributed by atoms with E-state index in [9.17, 15) is 9.59 Å². The molecule has 0 fully saturated rings. The summed E-state index contributed by atoms with van der Waals surface area (Å²) >= 11 is 0. The molecule has 5 nitrogen and oxygen atoms in total. The van der Waals surface area contributed by atoms with Crippen molar-refractivity contribution in [3.63, 3.8) is 0 Å². The molecule has 5 heteroatoms. The normalized spacial score (nSPS) is 13.2. The summed E-state index contributed by atoms with van der Waals surface area (Å²) in [7, 11) is 0. The Labute approximate surface area is 115 Å². The zero-order valence-corrected chi connectivity index (χ0v) is 10.4. The summed E-state index contributed by atoms with van der Waals surface area (Å²) in [4.78, 5) is 29.4. The Morgan fingerprint density at radius 3 is 2.40 bits per heavy atom. The maximum absolute atomic E-state index is 12.2. The number of imide groups is 1. The predicted octanol–water partition coefficient (Wildman–Crippen LogP) is 1.75. The van der Waals surface area contributed by atoms with Crippen LogP contribution in [0.4, 0.5) is 0 Å². The number of benzene rings is 1. The highest BCUT2D eigenvalue weighted by Crippen LogP contribution is 2.23. The van der Waals surface area contributed by atoms with Gasteiger partial charge in [0, 0.05) is 12.4 Å². The smallest absolute Gasteiger partial charge is 0.263 e. The lowest BCUT2D eigenvalue weighted by Gasteiger charge is -2.13. The Morgan fingerprint density at radius 1 is 1.05 bits per heavy atom. The summed E-state index contributed by atoms with van der Waals surface area (Å²) in [5.41, 5.74) is 2.07. The van der Waals surface area contributed by atoms with Crippen LogP contribution in [-0.4, -0.2) is 21.7 Å². The third-order valence-electron chi connectivity index (χ3n) is 3.20. The lowest BCUT2D eigenvalue weighted by atomic mass is 10.1. The highest BCUT2D eigenvalue weighted by Gasteiger charge is 2.35. The fourth-order valence-electron chi connectivity index (χ4n) is 2.15. The molecule has 0 radical (unpaired) electrons. The Kier molecular flexibility index (Phi) is 2.77. The number of fused-ring (bicyclic) bond motifs is 1. The van der Waals surface area contributed by atoms with Crippen LogP contribution in [0, 0.1) is 11.3 Å². The first kappa shape index (κ1) is 12.1. The van der Waals surface area contributed by atoms with Crippen LogP contribution in [0.15, 0.2) is 42.7 Å². The molecule has 0 saturated heterocycles. The molecule has 96 valence electrons. The Bertz CT molecular complexity index is 709. The second-order valence-corrected chi connectivity index (χ2v) is 4.43. The molecule has 0 aliphatic carbocycles. The molecule has 2 aromatic rings. The van der Waals surface area contributed by atoms with E-state index < -0.39 is 0 Å². The van der Waals surface area contributed by atoms with Gasteiger partial charge in [-0.05, 0) is 23.8 Å². The molecule has 0 saturated carbocycles. The molecule has 1 aliphatic rings. The van der Waals surface area contributed by atoms with Crippen molar-refractivity contribution in [2.75, 3.05) is 0 Å². The molecular formula is C15H9N3O2. The van der Waals surface area contributed by atoms with Crippen molar-refractivity contribution >= 4 is 11.8 Å². The van der Waals surface area contributed by atoms with E-state index in [1.807, 2.05) is 6.07 Å². The highest BCUT2D eigenvalue weighted by molar-refractivity contribution is 6.21. The largest absolute Gasteiger partial charge is 0.270 e. The van der Waals surface area contributed by atoms with Gasteiger partial charge in [-0.2, -0.15) is 5.26 Å². The Balaban J connectivity index is 1.88. The molecule has 1 aromatic carbocycles.